The Balaban J connectivity index is 1.62. The van der Waals surface area contributed by atoms with Crippen LogP contribution >= 0.6 is 11.3 Å². The molecule has 1 aliphatic heterocycles. The molecule has 13 heteroatoms. The second-order valence-electron chi connectivity index (χ2n) is 10.1. The van der Waals surface area contributed by atoms with Crippen molar-refractivity contribution in [3.8, 4) is 0 Å². The van der Waals surface area contributed by atoms with Gasteiger partial charge < -0.3 is 15.4 Å². The number of fused-ring (bicyclic) bond motifs is 5. The van der Waals surface area contributed by atoms with Crippen molar-refractivity contribution in [1.82, 2.24) is 20.3 Å². The molecule has 1 atom stereocenters. The Morgan fingerprint density at radius 1 is 1.16 bits per heavy atom. The average molecular weight is 555 g/mol. The smallest absolute Gasteiger partial charge is 0.414 e. The highest BCUT2D eigenvalue weighted by atomic mass is 32.2. The fraction of sp³-hybridized carbons (Fsp3) is 0.320. The van der Waals surface area contributed by atoms with Crippen LogP contribution < -0.4 is 15.5 Å². The minimum Gasteiger partial charge on any atom is -0.443 e. The van der Waals surface area contributed by atoms with E-state index < -0.39 is 21.5 Å². The lowest BCUT2D eigenvalue weighted by molar-refractivity contribution is 0.0578. The fourth-order valence-corrected chi connectivity index (χ4v) is 5.81. The molecule has 0 spiro atoms. The van der Waals surface area contributed by atoms with Crippen LogP contribution in [0.15, 0.2) is 41.7 Å². The van der Waals surface area contributed by atoms with Crippen molar-refractivity contribution in [3.05, 3.63) is 41.4 Å². The number of hydrogen-bond acceptors (Lipinski definition) is 10. The van der Waals surface area contributed by atoms with E-state index in [-0.39, 0.29) is 29.5 Å². The number of carbonyl (C=O) groups excluding carboxylic acids is 2. The molecule has 0 aliphatic carbocycles. The summed E-state index contributed by atoms with van der Waals surface area (Å²) >= 11 is 1.31. The maximum absolute atomic E-state index is 13.3. The second-order valence-corrected chi connectivity index (χ2v) is 13.0. The Labute approximate surface area is 223 Å². The highest BCUT2D eigenvalue weighted by Crippen LogP contribution is 2.43. The molecule has 1 aliphatic rings. The van der Waals surface area contributed by atoms with Gasteiger partial charge in [-0.2, -0.15) is 0 Å². The van der Waals surface area contributed by atoms with Gasteiger partial charge in [-0.1, -0.05) is 0 Å². The van der Waals surface area contributed by atoms with E-state index in [0.717, 1.165) is 21.7 Å². The minimum atomic E-state index is -3.57. The van der Waals surface area contributed by atoms with Crippen LogP contribution in [-0.2, 0) is 14.6 Å². The molecule has 0 unspecified atom stereocenters. The molecule has 38 heavy (non-hydrogen) atoms. The Bertz CT molecular complexity index is 1710. The normalized spacial score (nSPS) is 16.2. The first kappa shape index (κ1) is 25.8. The average Bonchev–Trinajstić information content (AvgIpc) is 3.15. The van der Waals surface area contributed by atoms with Gasteiger partial charge in [-0.15, -0.1) is 11.3 Å². The van der Waals surface area contributed by atoms with Crippen molar-refractivity contribution in [2.75, 3.05) is 23.0 Å². The third kappa shape index (κ3) is 4.98. The number of sulfone groups is 1. The molecular weight excluding hydrogens is 528 g/mol. The second kappa shape index (κ2) is 9.17. The summed E-state index contributed by atoms with van der Waals surface area (Å²) in [5.74, 6) is 0.468. The predicted octanol–water partition coefficient (Wildman–Crippen LogP) is 4.26. The number of thiophene rings is 1. The van der Waals surface area contributed by atoms with E-state index in [0.29, 0.717) is 21.9 Å². The number of nitrogens with one attached hydrogen (secondary N) is 2. The van der Waals surface area contributed by atoms with Gasteiger partial charge in [-0.05, 0) is 58.0 Å². The van der Waals surface area contributed by atoms with Gasteiger partial charge in [0.05, 0.1) is 11.2 Å². The number of anilines is 3. The fourth-order valence-electron chi connectivity index (χ4n) is 4.17. The molecule has 0 bridgehead atoms. The lowest BCUT2D eigenvalue weighted by Gasteiger charge is -2.28. The zero-order valence-corrected chi connectivity index (χ0v) is 23.0. The van der Waals surface area contributed by atoms with Crippen molar-refractivity contribution >= 4 is 71.5 Å². The van der Waals surface area contributed by atoms with Gasteiger partial charge in [0.25, 0.3) is 5.91 Å². The number of benzene rings is 1. The molecule has 0 saturated heterocycles. The summed E-state index contributed by atoms with van der Waals surface area (Å²) in [6.45, 7) is 7.49. The molecule has 11 nitrogen and oxygen atoms in total. The maximum Gasteiger partial charge on any atom is 0.414 e. The number of hydrogen-bond donors (Lipinski definition) is 2. The highest BCUT2D eigenvalue weighted by molar-refractivity contribution is 7.90. The first-order chi connectivity index (χ1) is 17.8. The number of aromatic nitrogens is 3. The van der Waals surface area contributed by atoms with E-state index in [1.165, 1.54) is 22.4 Å². The predicted molar refractivity (Wildman–Crippen MR) is 146 cm³/mol. The Kier molecular flexibility index (Phi) is 6.22. The molecule has 5 rings (SSSR count). The van der Waals surface area contributed by atoms with Gasteiger partial charge in [0.1, 0.15) is 22.1 Å². The Morgan fingerprint density at radius 2 is 1.89 bits per heavy atom. The lowest BCUT2D eigenvalue weighted by Crippen LogP contribution is -2.43. The standard InChI is InChI=1S/C25H26N6O5S2/c1-13-12-31(24(33)36-25(2,3)4)20-19-14-6-9-17(29-18-10-11-26-23(30-18)38(5,34)35)28-15(14)7-8-16(19)37-21(20)22(32)27-13/h6-11,13H,12H2,1-5H3,(H,27,32)(H,26,28,29,30)/t13-/m1/s1. The first-order valence-electron chi connectivity index (χ1n) is 11.8. The summed E-state index contributed by atoms with van der Waals surface area (Å²) < 4.78 is 30.2. The van der Waals surface area contributed by atoms with Crippen molar-refractivity contribution in [2.24, 2.45) is 0 Å². The summed E-state index contributed by atoms with van der Waals surface area (Å²) in [5, 5.41) is 7.16. The van der Waals surface area contributed by atoms with Crippen molar-refractivity contribution < 1.29 is 22.7 Å². The number of carbonyl (C=O) groups is 2. The van der Waals surface area contributed by atoms with E-state index in [1.807, 2.05) is 25.1 Å². The van der Waals surface area contributed by atoms with Crippen molar-refractivity contribution in [1.29, 1.82) is 0 Å². The van der Waals surface area contributed by atoms with Crippen molar-refractivity contribution in [2.45, 2.75) is 44.5 Å². The van der Waals surface area contributed by atoms with Gasteiger partial charge in [-0.3, -0.25) is 9.69 Å². The SMILES string of the molecule is C[C@@H]1CN(C(=O)OC(C)(C)C)c2c(sc3ccc4nc(Nc5ccnc(S(C)(=O)=O)n5)ccc4c23)C(=O)N1. The number of amides is 2. The first-order valence-corrected chi connectivity index (χ1v) is 14.5. The molecule has 0 saturated carbocycles. The molecule has 3 aromatic heterocycles. The van der Waals surface area contributed by atoms with Crippen LogP contribution in [0.2, 0.25) is 0 Å². The van der Waals surface area contributed by atoms with Crippen LogP contribution in [0.4, 0.5) is 22.1 Å². The summed E-state index contributed by atoms with van der Waals surface area (Å²) in [5.41, 5.74) is 0.406. The zero-order valence-electron chi connectivity index (χ0n) is 21.4. The Morgan fingerprint density at radius 3 is 2.61 bits per heavy atom. The molecule has 0 radical (unpaired) electrons. The number of nitrogens with zero attached hydrogens (tertiary/aromatic N) is 4. The summed E-state index contributed by atoms with van der Waals surface area (Å²) in [7, 11) is -3.57. The topological polar surface area (TPSA) is 143 Å². The maximum atomic E-state index is 13.3. The van der Waals surface area contributed by atoms with Gasteiger partial charge in [0.15, 0.2) is 0 Å². The third-order valence-electron chi connectivity index (χ3n) is 5.64. The quantitative estimate of drug-likeness (QED) is 0.355. The molecule has 0 fully saturated rings. The van der Waals surface area contributed by atoms with E-state index in [4.69, 9.17) is 4.74 Å². The van der Waals surface area contributed by atoms with Gasteiger partial charge in [0, 0.05) is 40.5 Å². The molecule has 4 heterocycles. The third-order valence-corrected chi connectivity index (χ3v) is 7.65. The van der Waals surface area contributed by atoms with E-state index in [9.17, 15) is 18.0 Å². The number of pyridine rings is 1. The number of rotatable bonds is 3. The number of ether oxygens (including phenoxy) is 1. The van der Waals surface area contributed by atoms with Crippen molar-refractivity contribution in [3.63, 3.8) is 0 Å². The molecule has 198 valence electrons. The molecular formula is C25H26N6O5S2. The molecule has 2 N–H and O–H groups in total. The van der Waals surface area contributed by atoms with Gasteiger partial charge in [-0.25, -0.2) is 28.2 Å². The van der Waals surface area contributed by atoms with Gasteiger partial charge >= 0.3 is 6.09 Å². The van der Waals surface area contributed by atoms with Crippen LogP contribution in [0.3, 0.4) is 0 Å². The van der Waals surface area contributed by atoms with Crippen LogP contribution in [0.1, 0.15) is 37.4 Å². The minimum absolute atomic E-state index is 0.246. The Hall–Kier alpha value is -3.84. The molecule has 1 aromatic carbocycles. The van der Waals surface area contributed by atoms with E-state index in [2.05, 4.69) is 25.6 Å². The highest BCUT2D eigenvalue weighted by Gasteiger charge is 2.35. The molecule has 2 amide bonds. The monoisotopic (exact) mass is 554 g/mol. The molecule has 4 aromatic rings. The summed E-state index contributed by atoms with van der Waals surface area (Å²) in [4.78, 5) is 40.9. The van der Waals surface area contributed by atoms with Gasteiger partial charge in [0.2, 0.25) is 15.0 Å². The van der Waals surface area contributed by atoms with Crippen LogP contribution in [0.25, 0.3) is 21.0 Å². The van der Waals surface area contributed by atoms with E-state index in [1.54, 1.807) is 32.9 Å². The lowest BCUT2D eigenvalue weighted by atomic mass is 10.1. The van der Waals surface area contributed by atoms with E-state index >= 15 is 0 Å². The largest absolute Gasteiger partial charge is 0.443 e. The van der Waals surface area contributed by atoms with Crippen LogP contribution in [0, 0.1) is 0 Å². The summed E-state index contributed by atoms with van der Waals surface area (Å²) in [6, 6.07) is 8.53. The van der Waals surface area contributed by atoms with Crippen LogP contribution in [-0.4, -0.2) is 59.8 Å². The van der Waals surface area contributed by atoms with Crippen LogP contribution in [0.5, 0.6) is 0 Å². The zero-order chi connectivity index (χ0) is 27.4. The summed E-state index contributed by atoms with van der Waals surface area (Å²) in [6.07, 6.45) is 1.86.